The average Bonchev–Trinajstić information content (AvgIpc) is 3.62. The Kier molecular flexibility index (Phi) is 10.6. The van der Waals surface area contributed by atoms with Gasteiger partial charge in [0.25, 0.3) is 11.8 Å². The highest BCUT2D eigenvalue weighted by Gasteiger charge is 2.69. The third-order valence-electron chi connectivity index (χ3n) is 17.1. The number of pyridine rings is 1. The van der Waals surface area contributed by atoms with Gasteiger partial charge in [0, 0.05) is 95.6 Å². The van der Waals surface area contributed by atoms with E-state index in [4.69, 9.17) is 25.2 Å². The lowest BCUT2D eigenvalue weighted by Crippen LogP contribution is -2.59. The van der Waals surface area contributed by atoms with Crippen molar-refractivity contribution in [2.24, 2.45) is 16.7 Å². The fourth-order valence-corrected chi connectivity index (χ4v) is 13.1. The van der Waals surface area contributed by atoms with Crippen LogP contribution in [0, 0.1) is 34.4 Å². The van der Waals surface area contributed by atoms with Crippen molar-refractivity contribution in [1.82, 2.24) is 25.4 Å². The second kappa shape index (κ2) is 17.4. The molecule has 16 heteroatoms. The number of hydrogen-bond donors (Lipinski definition) is 4. The van der Waals surface area contributed by atoms with E-state index in [2.05, 4.69) is 51.9 Å². The molecule has 1 aromatic heterocycles. The first-order valence-corrected chi connectivity index (χ1v) is 24.8. The van der Waals surface area contributed by atoms with Crippen molar-refractivity contribution < 1.29 is 41.9 Å². The van der Waals surface area contributed by atoms with Gasteiger partial charge >= 0.3 is 0 Å². The molecule has 11 rings (SSSR count). The zero-order valence-corrected chi connectivity index (χ0v) is 40.6. The maximum atomic E-state index is 16.6. The number of carbonyl (C=O) groups excluding carboxylic acids is 5. The highest BCUT2D eigenvalue weighted by molar-refractivity contribution is 6.30. The van der Waals surface area contributed by atoms with Gasteiger partial charge in [0.05, 0.1) is 35.0 Å². The number of benzene rings is 3. The molecule has 5 atom stereocenters. The van der Waals surface area contributed by atoms with Gasteiger partial charge in [-0.3, -0.25) is 34.6 Å². The Hall–Kier alpha value is -6.50. The van der Waals surface area contributed by atoms with Gasteiger partial charge in [-0.2, -0.15) is 0 Å². The number of fused-ring (bicyclic) bond motifs is 4. The number of carbonyl (C=O) groups is 5. The second-order valence-electron chi connectivity index (χ2n) is 21.3. The molecule has 3 aromatic carbocycles. The quantitative estimate of drug-likeness (QED) is 0.109. The first kappa shape index (κ1) is 43.3. The summed E-state index contributed by atoms with van der Waals surface area (Å²) < 4.78 is 50.7. The van der Waals surface area contributed by atoms with Gasteiger partial charge in [0.15, 0.2) is 0 Å². The number of ether oxygens (including phenoxy) is 2. The van der Waals surface area contributed by atoms with Crippen LogP contribution in [0.25, 0.3) is 0 Å². The summed E-state index contributed by atoms with van der Waals surface area (Å²) in [6.45, 7) is 6.04. The molecule has 2 aliphatic carbocycles. The van der Waals surface area contributed by atoms with E-state index in [1.807, 2.05) is 11.0 Å². The van der Waals surface area contributed by atoms with E-state index in [0.29, 0.717) is 54.0 Å². The molecule has 5 fully saturated rings. The van der Waals surface area contributed by atoms with Crippen LogP contribution in [0.1, 0.15) is 125 Å². The van der Waals surface area contributed by atoms with E-state index in [1.54, 1.807) is 54.7 Å². The number of methoxy groups -OCH3 is 2. The lowest BCUT2D eigenvalue weighted by Gasteiger charge is -2.51. The molecule has 3 saturated heterocycles. The number of hydrogen-bond acceptors (Lipinski definition) is 10. The third kappa shape index (κ3) is 7.71. The number of imide groups is 1. The number of halogens is 2. The molecule has 71 heavy (non-hydrogen) atoms. The van der Waals surface area contributed by atoms with E-state index < -0.39 is 53.6 Å². The smallest absolute Gasteiger partial charge is 0.255 e. The van der Waals surface area contributed by atoms with Crippen molar-refractivity contribution in [2.45, 2.75) is 107 Å². The first-order valence-electron chi connectivity index (χ1n) is 26.0. The molecule has 5 amide bonds. The minimum Gasteiger partial charge on any atom is -0.495 e. The summed E-state index contributed by atoms with van der Waals surface area (Å²) in [5, 5.41) is 12.6. The van der Waals surface area contributed by atoms with Crippen LogP contribution in [0.5, 0.6) is 11.6 Å². The predicted octanol–water partition coefficient (Wildman–Crippen LogP) is 7.34. The highest BCUT2D eigenvalue weighted by atomic mass is 35.5. The number of aromatic nitrogens is 1. The van der Waals surface area contributed by atoms with Crippen LogP contribution in [0.2, 0.25) is 5.02 Å². The number of amides is 5. The number of nitrogens with one attached hydrogen (secondary N) is 4. The Balaban J connectivity index is 0.804. The topological polar surface area (TPSA) is 171 Å². The molecule has 3 spiro atoms. The monoisotopic (exact) mass is 984 g/mol. The second-order valence-corrected chi connectivity index (χ2v) is 21.7. The third-order valence-corrected chi connectivity index (χ3v) is 17.4. The molecule has 0 bridgehead atoms. The van der Waals surface area contributed by atoms with Crippen molar-refractivity contribution in [2.75, 3.05) is 44.4 Å². The summed E-state index contributed by atoms with van der Waals surface area (Å²) >= 11 is 6.51. The SMILES string of the molecule is [2H]C([2H])([2H])Oc1cc2c(cn1)[C@]1(CN2)[C@@H](c2cccc(Cl)c2F)[C@H](C(=O)Nc2ccc(C(=O)N3CCC4(CC3)C[C@H]4C#Cc3cccc4c3CN([C@H]3CCC(=O)NC3=O)C4=O)cc2OC)NC12CCC(C)(C)CC2. The number of anilines is 2. The molecule has 4 aromatic rings. The van der Waals surface area contributed by atoms with Gasteiger partial charge in [-0.15, -0.1) is 0 Å². The summed E-state index contributed by atoms with van der Waals surface area (Å²) in [6, 6.07) is 15.1. The largest absolute Gasteiger partial charge is 0.495 e. The van der Waals surface area contributed by atoms with E-state index in [9.17, 15) is 19.2 Å². The number of nitrogens with zero attached hydrogens (tertiary/aromatic N) is 3. The fraction of sp³-hybridized carbons (Fsp3) is 0.455. The molecule has 5 aliphatic heterocycles. The van der Waals surface area contributed by atoms with Crippen LogP contribution in [0.4, 0.5) is 15.8 Å². The number of piperidine rings is 2. The predicted molar refractivity (Wildman–Crippen MR) is 264 cm³/mol. The molecule has 7 aliphatic rings. The first-order chi connectivity index (χ1) is 35.2. The fourth-order valence-electron chi connectivity index (χ4n) is 12.9. The molecule has 6 heterocycles. The van der Waals surface area contributed by atoms with Gasteiger partial charge < -0.3 is 29.9 Å². The van der Waals surface area contributed by atoms with E-state index in [0.717, 1.165) is 43.2 Å². The maximum Gasteiger partial charge on any atom is 0.255 e. The van der Waals surface area contributed by atoms with Crippen LogP contribution >= 0.6 is 11.6 Å². The summed E-state index contributed by atoms with van der Waals surface area (Å²) in [6.07, 6.45) is 7.44. The van der Waals surface area contributed by atoms with Gasteiger partial charge in [0.2, 0.25) is 23.6 Å². The summed E-state index contributed by atoms with van der Waals surface area (Å²) in [5.74, 6) is 4.02. The number of rotatable bonds is 7. The van der Waals surface area contributed by atoms with Crippen LogP contribution in [0.15, 0.2) is 66.9 Å². The van der Waals surface area contributed by atoms with Crippen molar-refractivity contribution in [3.8, 4) is 23.5 Å². The molecule has 0 unspecified atom stereocenters. The minimum atomic E-state index is -2.73. The van der Waals surface area contributed by atoms with E-state index >= 15 is 9.18 Å². The Labute approximate surface area is 421 Å². The molecule has 0 radical (unpaired) electrons. The highest BCUT2D eigenvalue weighted by Crippen LogP contribution is 2.64. The zero-order chi connectivity index (χ0) is 52.1. The van der Waals surface area contributed by atoms with Crippen molar-refractivity contribution in [1.29, 1.82) is 0 Å². The molecular formula is C55H57ClFN7O7. The summed E-state index contributed by atoms with van der Waals surface area (Å²) in [4.78, 5) is 74.8. The van der Waals surface area contributed by atoms with Crippen LogP contribution in [-0.4, -0.2) is 95.7 Å². The summed E-state index contributed by atoms with van der Waals surface area (Å²) in [5.41, 5.74) is 2.61. The molecule has 2 saturated carbocycles. The molecule has 4 N–H and O–H groups in total. The Morgan fingerprint density at radius 2 is 1.79 bits per heavy atom. The Morgan fingerprint density at radius 1 is 1.00 bits per heavy atom. The molecule has 368 valence electrons. The van der Waals surface area contributed by atoms with Crippen molar-refractivity contribution in [3.63, 3.8) is 0 Å². The summed E-state index contributed by atoms with van der Waals surface area (Å²) in [7, 11) is -1.26. The van der Waals surface area contributed by atoms with Gasteiger partial charge in [-0.25, -0.2) is 9.37 Å². The van der Waals surface area contributed by atoms with Crippen LogP contribution in [-0.2, 0) is 26.3 Å². The van der Waals surface area contributed by atoms with Crippen molar-refractivity contribution >= 4 is 52.5 Å². The minimum absolute atomic E-state index is 0.00837. The zero-order valence-electron chi connectivity index (χ0n) is 42.8. The van der Waals surface area contributed by atoms with E-state index in [1.165, 1.54) is 18.1 Å². The lowest BCUT2D eigenvalue weighted by molar-refractivity contribution is -0.137. The normalized spacial score (nSPS) is 27.1. The Morgan fingerprint density at radius 3 is 2.55 bits per heavy atom. The lowest BCUT2D eigenvalue weighted by atomic mass is 9.54. The standard InChI is InChI=1S/C55H57ClFN7O7/c1-52(2)17-19-54(20-18-52)55(30-59-40-26-44(71-4)58-28-37(40)55)45(35-9-6-10-38(56)46(35)57)47(62-54)49(67)60-39-14-12-32(25-42(39)70-3)50(68)63-23-21-53(22-24-63)27-33(53)13-11-31-7-5-8-34-36(31)29-64(51(34)69)41-15-16-43(65)61-48(41)66/h5-10,12,14,25-26,28,33,41,45,47,59,62H,15-24,27,29-30H2,1-4H3,(H,60,67)(H,61,65,66)/t33-,41+,45+,47-,55-/m1/s1/i4D3. The van der Waals surface area contributed by atoms with Gasteiger partial charge in [0.1, 0.15) is 17.6 Å². The average molecular weight is 986 g/mol. The van der Waals surface area contributed by atoms with Crippen LogP contribution in [0.3, 0.4) is 0 Å². The van der Waals surface area contributed by atoms with Gasteiger partial charge in [-0.05, 0) is 110 Å². The van der Waals surface area contributed by atoms with Crippen LogP contribution < -0.4 is 30.7 Å². The van der Waals surface area contributed by atoms with Crippen molar-refractivity contribution in [3.05, 3.63) is 111 Å². The van der Waals surface area contributed by atoms with Gasteiger partial charge in [-0.1, -0.05) is 55.5 Å². The number of likely N-dealkylation sites (tertiary alicyclic amines) is 1. The molecule has 14 nitrogen and oxygen atoms in total. The maximum absolute atomic E-state index is 16.6. The van der Waals surface area contributed by atoms with E-state index in [-0.39, 0.29) is 82.6 Å². The Bertz CT molecular complexity index is 3100. The molecular weight excluding hydrogens is 925 g/mol.